The number of nitrogens with one attached hydrogen (secondary N) is 1. The average molecular weight is 469 g/mol. The third kappa shape index (κ3) is 5.77. The van der Waals surface area contributed by atoms with Crippen molar-refractivity contribution in [3.63, 3.8) is 0 Å². The number of carbonyl (C=O) groups is 2. The summed E-state index contributed by atoms with van der Waals surface area (Å²) in [7, 11) is -0.0140. The lowest BCUT2D eigenvalue weighted by Gasteiger charge is -2.15. The van der Waals surface area contributed by atoms with Crippen LogP contribution in [0.4, 0.5) is 0 Å². The number of allylic oxidation sites excluding steroid dienone is 2. The van der Waals surface area contributed by atoms with Gasteiger partial charge < -0.3 is 24.6 Å². The molecule has 2 aromatic carbocycles. The van der Waals surface area contributed by atoms with Gasteiger partial charge in [0, 0.05) is 17.5 Å². The van der Waals surface area contributed by atoms with Crippen LogP contribution in [0.1, 0.15) is 52.4 Å². The van der Waals surface area contributed by atoms with Gasteiger partial charge in [-0.05, 0) is 43.3 Å². The number of cyclic esters (lactones) is 1. The number of hydrogen-bond donors (Lipinski definition) is 4. The SMILES string of the molecule is COc1c(C)c2c(c(O)c1CC=C(C)CCC(=O)NOCc1ccc(B(O)O)cc1)C(=O)OC2. The summed E-state index contributed by atoms with van der Waals surface area (Å²) in [5, 5.41) is 28.9. The molecule has 34 heavy (non-hydrogen) atoms. The van der Waals surface area contributed by atoms with E-state index in [0.717, 1.165) is 16.7 Å². The minimum absolute atomic E-state index is 0.118. The fraction of sp³-hybridized carbons (Fsp3) is 0.333. The van der Waals surface area contributed by atoms with Gasteiger partial charge in [0.2, 0.25) is 5.91 Å². The van der Waals surface area contributed by atoms with Crippen LogP contribution in [0.3, 0.4) is 0 Å². The number of fused-ring (bicyclic) bond motifs is 1. The van der Waals surface area contributed by atoms with Gasteiger partial charge in [0.25, 0.3) is 0 Å². The van der Waals surface area contributed by atoms with Crippen LogP contribution in [0, 0.1) is 6.92 Å². The molecule has 1 aliphatic rings. The minimum atomic E-state index is -1.53. The molecule has 9 nitrogen and oxygen atoms in total. The number of methoxy groups -OCH3 is 1. The molecule has 1 heterocycles. The lowest BCUT2D eigenvalue weighted by molar-refractivity contribution is -0.134. The first-order valence-electron chi connectivity index (χ1n) is 10.8. The number of hydrogen-bond acceptors (Lipinski definition) is 8. The van der Waals surface area contributed by atoms with Crippen molar-refractivity contribution in [3.05, 3.63) is 63.7 Å². The molecular formula is C24H28BNO8. The topological polar surface area (TPSA) is 135 Å². The van der Waals surface area contributed by atoms with Gasteiger partial charge in [0.05, 0.1) is 13.7 Å². The van der Waals surface area contributed by atoms with E-state index in [0.29, 0.717) is 35.2 Å². The zero-order valence-corrected chi connectivity index (χ0v) is 19.4. The Bertz CT molecular complexity index is 1100. The van der Waals surface area contributed by atoms with Crippen LogP contribution in [0.2, 0.25) is 0 Å². The van der Waals surface area contributed by atoms with Crippen molar-refractivity contribution in [2.24, 2.45) is 0 Å². The lowest BCUT2D eigenvalue weighted by Crippen LogP contribution is -2.29. The summed E-state index contributed by atoms with van der Waals surface area (Å²) in [6.45, 7) is 3.96. The predicted octanol–water partition coefficient (Wildman–Crippen LogP) is 1.58. The molecule has 10 heteroatoms. The summed E-state index contributed by atoms with van der Waals surface area (Å²) in [4.78, 5) is 29.3. The van der Waals surface area contributed by atoms with Crippen molar-refractivity contribution in [2.75, 3.05) is 7.11 Å². The maximum atomic E-state index is 12.1. The van der Waals surface area contributed by atoms with E-state index < -0.39 is 13.1 Å². The highest BCUT2D eigenvalue weighted by Crippen LogP contribution is 2.42. The Hall–Kier alpha value is -3.34. The van der Waals surface area contributed by atoms with E-state index in [4.69, 9.17) is 24.4 Å². The molecule has 0 aromatic heterocycles. The van der Waals surface area contributed by atoms with E-state index in [-0.39, 0.29) is 36.9 Å². The zero-order chi connectivity index (χ0) is 24.8. The fourth-order valence-electron chi connectivity index (χ4n) is 3.75. The molecule has 1 aliphatic heterocycles. The van der Waals surface area contributed by atoms with Crippen LogP contribution in [0.5, 0.6) is 11.5 Å². The van der Waals surface area contributed by atoms with Gasteiger partial charge in [0.1, 0.15) is 23.7 Å². The van der Waals surface area contributed by atoms with Gasteiger partial charge in [-0.3, -0.25) is 9.63 Å². The van der Waals surface area contributed by atoms with E-state index in [9.17, 15) is 14.7 Å². The Morgan fingerprint density at radius 1 is 1.24 bits per heavy atom. The van der Waals surface area contributed by atoms with E-state index in [1.807, 2.05) is 19.9 Å². The van der Waals surface area contributed by atoms with Gasteiger partial charge in [-0.25, -0.2) is 10.3 Å². The van der Waals surface area contributed by atoms with Crippen LogP contribution >= 0.6 is 0 Å². The summed E-state index contributed by atoms with van der Waals surface area (Å²) in [5.41, 5.74) is 6.56. The van der Waals surface area contributed by atoms with Crippen molar-refractivity contribution < 1.29 is 39.1 Å². The maximum Gasteiger partial charge on any atom is 0.488 e. The molecule has 0 fully saturated rings. The molecule has 0 bridgehead atoms. The van der Waals surface area contributed by atoms with Gasteiger partial charge in [-0.15, -0.1) is 0 Å². The number of benzene rings is 2. The Morgan fingerprint density at radius 2 is 1.94 bits per heavy atom. The third-order valence-electron chi connectivity index (χ3n) is 5.75. The number of carbonyl (C=O) groups excluding carboxylic acids is 2. The zero-order valence-electron chi connectivity index (χ0n) is 19.4. The van der Waals surface area contributed by atoms with Crippen molar-refractivity contribution in [1.29, 1.82) is 0 Å². The lowest BCUT2D eigenvalue weighted by atomic mass is 9.80. The number of amides is 1. The highest BCUT2D eigenvalue weighted by Gasteiger charge is 2.31. The van der Waals surface area contributed by atoms with Gasteiger partial charge in [0.15, 0.2) is 0 Å². The number of hydroxylamine groups is 1. The summed E-state index contributed by atoms with van der Waals surface area (Å²) >= 11 is 0. The molecule has 0 spiro atoms. The van der Waals surface area contributed by atoms with Crippen LogP contribution in [0.25, 0.3) is 0 Å². The first-order valence-corrected chi connectivity index (χ1v) is 10.8. The predicted molar refractivity (Wildman–Crippen MR) is 124 cm³/mol. The second-order valence-corrected chi connectivity index (χ2v) is 8.10. The van der Waals surface area contributed by atoms with Crippen LogP contribution in [-0.4, -0.2) is 41.3 Å². The number of phenolic OH excluding ortho intramolecular Hbond substituents is 1. The first kappa shape index (κ1) is 25.3. The molecule has 2 aromatic rings. The number of phenols is 1. The number of aromatic hydroxyl groups is 1. The molecule has 0 saturated carbocycles. The average Bonchev–Trinajstić information content (AvgIpc) is 3.21. The molecule has 0 aliphatic carbocycles. The maximum absolute atomic E-state index is 12.1. The van der Waals surface area contributed by atoms with Crippen molar-refractivity contribution in [2.45, 2.75) is 46.3 Å². The fourth-order valence-corrected chi connectivity index (χ4v) is 3.75. The highest BCUT2D eigenvalue weighted by atomic mass is 16.6. The number of esters is 1. The van der Waals surface area contributed by atoms with Crippen LogP contribution in [0.15, 0.2) is 35.9 Å². The van der Waals surface area contributed by atoms with Gasteiger partial charge >= 0.3 is 13.1 Å². The third-order valence-corrected chi connectivity index (χ3v) is 5.75. The molecule has 4 N–H and O–H groups in total. The standard InChI is InChI=1S/C24H28BNO8/c1-14(5-11-20(27)26-34-12-16-6-8-17(9-7-16)25(30)31)4-10-18-22(28)21-19(13-33-24(21)29)15(2)23(18)32-3/h4,6-9,28,30-31H,5,10-13H2,1-3H3,(H,26,27). The molecule has 0 unspecified atom stereocenters. The van der Waals surface area contributed by atoms with Crippen molar-refractivity contribution in [3.8, 4) is 11.5 Å². The Balaban J connectivity index is 1.52. The van der Waals surface area contributed by atoms with Gasteiger partial charge in [-0.1, -0.05) is 35.9 Å². The van der Waals surface area contributed by atoms with Crippen LogP contribution in [-0.2, 0) is 34.0 Å². The van der Waals surface area contributed by atoms with Crippen LogP contribution < -0.4 is 15.7 Å². The normalized spacial score (nSPS) is 12.9. The van der Waals surface area contributed by atoms with E-state index in [1.165, 1.54) is 7.11 Å². The molecule has 0 atom stereocenters. The molecular weight excluding hydrogens is 441 g/mol. The summed E-state index contributed by atoms with van der Waals surface area (Å²) < 4.78 is 10.5. The molecule has 180 valence electrons. The highest BCUT2D eigenvalue weighted by molar-refractivity contribution is 6.58. The molecule has 0 radical (unpaired) electrons. The summed E-state index contributed by atoms with van der Waals surface area (Å²) in [5.74, 6) is -0.437. The van der Waals surface area contributed by atoms with E-state index >= 15 is 0 Å². The van der Waals surface area contributed by atoms with Crippen molar-refractivity contribution >= 4 is 24.5 Å². The Kier molecular flexibility index (Phi) is 8.33. The van der Waals surface area contributed by atoms with E-state index in [1.54, 1.807) is 24.3 Å². The van der Waals surface area contributed by atoms with Crippen molar-refractivity contribution in [1.82, 2.24) is 5.48 Å². The second-order valence-electron chi connectivity index (χ2n) is 8.10. The monoisotopic (exact) mass is 469 g/mol. The Labute approximate surface area is 198 Å². The molecule has 3 rings (SSSR count). The molecule has 0 saturated heterocycles. The Morgan fingerprint density at radius 3 is 2.59 bits per heavy atom. The quantitative estimate of drug-likeness (QED) is 0.178. The number of rotatable bonds is 10. The summed E-state index contributed by atoms with van der Waals surface area (Å²) in [6.07, 6.45) is 2.90. The smallest absolute Gasteiger partial charge is 0.488 e. The van der Waals surface area contributed by atoms with E-state index in [2.05, 4.69) is 5.48 Å². The minimum Gasteiger partial charge on any atom is -0.507 e. The largest absolute Gasteiger partial charge is 0.507 e. The van der Waals surface area contributed by atoms with Gasteiger partial charge in [-0.2, -0.15) is 0 Å². The first-order chi connectivity index (χ1) is 16.2. The number of ether oxygens (including phenoxy) is 2. The second kappa shape index (κ2) is 11.2. The summed E-state index contributed by atoms with van der Waals surface area (Å²) in [6, 6.07) is 6.49. The molecule has 1 amide bonds.